The fraction of sp³-hybridized carbons (Fsp3) is 0.0769. The van der Waals surface area contributed by atoms with E-state index in [-0.39, 0.29) is 5.41 Å². The van der Waals surface area contributed by atoms with Crippen LogP contribution in [0.15, 0.2) is 142 Å². The van der Waals surface area contributed by atoms with Crippen molar-refractivity contribution >= 4 is 54.9 Å². The second-order valence-corrected chi connectivity index (χ2v) is 12.5. The topological polar surface area (TPSA) is 16.4 Å². The van der Waals surface area contributed by atoms with Crippen molar-refractivity contribution in [3.8, 4) is 22.3 Å². The van der Waals surface area contributed by atoms with Crippen molar-refractivity contribution in [3.05, 3.63) is 149 Å². The summed E-state index contributed by atoms with van der Waals surface area (Å²) in [5, 5.41) is 2.20. The summed E-state index contributed by atoms with van der Waals surface area (Å²) in [6.45, 7) is 4.67. The molecule has 0 bridgehead atoms. The summed E-state index contributed by atoms with van der Waals surface area (Å²) in [6, 6.07) is 47.8. The molecule has 1 aromatic heterocycles. The Balaban J connectivity index is 1.38. The van der Waals surface area contributed by atoms with Crippen LogP contribution in [0, 0.1) is 0 Å². The molecule has 2 nitrogen and oxygen atoms in total. The molecule has 6 aromatic carbocycles. The molecule has 3 heteroatoms. The van der Waals surface area contributed by atoms with Crippen LogP contribution >= 0.6 is 15.9 Å². The maximum absolute atomic E-state index is 6.23. The number of halogens is 1. The number of furan rings is 1. The first kappa shape index (κ1) is 25.1. The number of nitrogens with zero attached hydrogens (tertiary/aromatic N) is 1. The SMILES string of the molecule is CC1(C)c2ccccc2-c2c(N(c3ccc(-c4ccccc4)cc3)c3ccc4oc5ccc(Br)cc5c4c3)cccc21. The van der Waals surface area contributed by atoms with E-state index in [9.17, 15) is 0 Å². The Morgan fingerprint density at radius 2 is 1.21 bits per heavy atom. The maximum Gasteiger partial charge on any atom is 0.135 e. The minimum absolute atomic E-state index is 0.0816. The second kappa shape index (κ2) is 9.47. The molecule has 1 heterocycles. The van der Waals surface area contributed by atoms with Gasteiger partial charge in [0.2, 0.25) is 0 Å². The minimum Gasteiger partial charge on any atom is -0.456 e. The molecule has 0 unspecified atom stereocenters. The van der Waals surface area contributed by atoms with Crippen molar-refractivity contribution < 1.29 is 4.42 Å². The lowest BCUT2D eigenvalue weighted by atomic mass is 9.82. The zero-order valence-corrected chi connectivity index (χ0v) is 25.0. The van der Waals surface area contributed by atoms with E-state index in [2.05, 4.69) is 156 Å². The summed E-state index contributed by atoms with van der Waals surface area (Å²) in [4.78, 5) is 2.40. The Bertz CT molecular complexity index is 2120. The van der Waals surface area contributed by atoms with E-state index in [0.717, 1.165) is 37.8 Å². The molecule has 0 aliphatic heterocycles. The van der Waals surface area contributed by atoms with Crippen molar-refractivity contribution in [3.63, 3.8) is 0 Å². The zero-order chi connectivity index (χ0) is 28.4. The normalized spacial score (nSPS) is 13.3. The minimum atomic E-state index is -0.0816. The molecule has 1 aliphatic carbocycles. The van der Waals surface area contributed by atoms with Crippen molar-refractivity contribution in [2.45, 2.75) is 19.3 Å². The third-order valence-electron chi connectivity index (χ3n) is 8.73. The third-order valence-corrected chi connectivity index (χ3v) is 9.23. The van der Waals surface area contributed by atoms with Gasteiger partial charge in [-0.25, -0.2) is 0 Å². The fourth-order valence-electron chi connectivity index (χ4n) is 6.66. The smallest absolute Gasteiger partial charge is 0.135 e. The largest absolute Gasteiger partial charge is 0.456 e. The maximum atomic E-state index is 6.23. The third kappa shape index (κ3) is 3.84. The lowest BCUT2D eigenvalue weighted by Crippen LogP contribution is -2.16. The van der Waals surface area contributed by atoms with Crippen molar-refractivity contribution in [1.82, 2.24) is 0 Å². The van der Waals surface area contributed by atoms with Crippen molar-refractivity contribution in [2.24, 2.45) is 0 Å². The number of anilines is 3. The van der Waals surface area contributed by atoms with Gasteiger partial charge in [-0.1, -0.05) is 109 Å². The van der Waals surface area contributed by atoms with Gasteiger partial charge in [0.15, 0.2) is 0 Å². The van der Waals surface area contributed by atoms with Crippen LogP contribution in [0.3, 0.4) is 0 Å². The van der Waals surface area contributed by atoms with Gasteiger partial charge >= 0.3 is 0 Å². The number of rotatable bonds is 4. The molecule has 202 valence electrons. The summed E-state index contributed by atoms with van der Waals surface area (Å²) in [6.07, 6.45) is 0. The number of hydrogen-bond donors (Lipinski definition) is 0. The van der Waals surface area contributed by atoms with E-state index in [1.54, 1.807) is 0 Å². The predicted octanol–water partition coefficient (Wildman–Crippen LogP) is 11.8. The summed E-state index contributed by atoms with van der Waals surface area (Å²) < 4.78 is 7.26. The van der Waals surface area contributed by atoms with Crippen LogP contribution in [0.25, 0.3) is 44.2 Å². The molecule has 0 saturated heterocycles. The van der Waals surface area contributed by atoms with Crippen LogP contribution in [-0.2, 0) is 5.41 Å². The first-order valence-electron chi connectivity index (χ1n) is 14.3. The molecule has 0 spiro atoms. The highest BCUT2D eigenvalue weighted by atomic mass is 79.9. The van der Waals surface area contributed by atoms with E-state index < -0.39 is 0 Å². The van der Waals surface area contributed by atoms with Gasteiger partial charge in [-0.05, 0) is 82.4 Å². The Morgan fingerprint density at radius 3 is 2.02 bits per heavy atom. The van der Waals surface area contributed by atoms with E-state index in [4.69, 9.17) is 4.42 Å². The van der Waals surface area contributed by atoms with Crippen molar-refractivity contribution in [1.29, 1.82) is 0 Å². The average Bonchev–Trinajstić information content (AvgIpc) is 3.50. The van der Waals surface area contributed by atoms with Crippen LogP contribution in [0.2, 0.25) is 0 Å². The number of hydrogen-bond acceptors (Lipinski definition) is 2. The van der Waals surface area contributed by atoms with Crippen LogP contribution in [-0.4, -0.2) is 0 Å². The molecule has 0 atom stereocenters. The van der Waals surface area contributed by atoms with E-state index in [0.29, 0.717) is 0 Å². The van der Waals surface area contributed by atoms with Gasteiger partial charge in [-0.15, -0.1) is 0 Å². The monoisotopic (exact) mass is 605 g/mol. The fourth-order valence-corrected chi connectivity index (χ4v) is 7.02. The summed E-state index contributed by atoms with van der Waals surface area (Å²) in [5.74, 6) is 0. The molecule has 8 rings (SSSR count). The van der Waals surface area contributed by atoms with Gasteiger partial charge in [0.05, 0.1) is 5.69 Å². The molecule has 0 amide bonds. The van der Waals surface area contributed by atoms with Crippen LogP contribution in [0.1, 0.15) is 25.0 Å². The number of benzene rings is 6. The summed E-state index contributed by atoms with van der Waals surface area (Å²) in [5.41, 5.74) is 12.8. The Labute approximate surface area is 254 Å². The Kier molecular flexibility index (Phi) is 5.67. The van der Waals surface area contributed by atoms with Gasteiger partial charge < -0.3 is 9.32 Å². The molecule has 0 radical (unpaired) electrons. The Hall–Kier alpha value is -4.60. The lowest BCUT2D eigenvalue weighted by Gasteiger charge is -2.29. The molecular weight excluding hydrogens is 578 g/mol. The Morgan fingerprint density at radius 1 is 0.571 bits per heavy atom. The van der Waals surface area contributed by atoms with E-state index in [1.807, 2.05) is 12.1 Å². The zero-order valence-electron chi connectivity index (χ0n) is 23.4. The average molecular weight is 607 g/mol. The summed E-state index contributed by atoms with van der Waals surface area (Å²) in [7, 11) is 0. The van der Waals surface area contributed by atoms with Gasteiger partial charge in [0, 0.05) is 37.6 Å². The highest BCUT2D eigenvalue weighted by Gasteiger charge is 2.37. The first-order chi connectivity index (χ1) is 20.5. The van der Waals surface area contributed by atoms with Gasteiger partial charge in [0.25, 0.3) is 0 Å². The van der Waals surface area contributed by atoms with Gasteiger partial charge in [-0.3, -0.25) is 0 Å². The van der Waals surface area contributed by atoms with Crippen LogP contribution in [0.4, 0.5) is 17.1 Å². The quantitative estimate of drug-likeness (QED) is 0.198. The number of fused-ring (bicyclic) bond motifs is 6. The van der Waals surface area contributed by atoms with Gasteiger partial charge in [0.1, 0.15) is 11.2 Å². The standard InChI is InChI=1S/C39H28BrNO/c1-39(2)33-12-7-6-11-30(33)38-34(39)13-8-14-35(38)41(28-18-15-26(16-19-28)25-9-4-3-5-10-25)29-20-22-37-32(24-29)31-23-27(40)17-21-36(31)42-37/h3-24H,1-2H3. The highest BCUT2D eigenvalue weighted by molar-refractivity contribution is 9.10. The van der Waals surface area contributed by atoms with Crippen molar-refractivity contribution in [2.75, 3.05) is 4.90 Å². The van der Waals surface area contributed by atoms with Gasteiger partial charge in [-0.2, -0.15) is 0 Å². The molecule has 0 N–H and O–H groups in total. The molecule has 42 heavy (non-hydrogen) atoms. The second-order valence-electron chi connectivity index (χ2n) is 11.5. The van der Waals surface area contributed by atoms with E-state index in [1.165, 1.54) is 39.1 Å². The van der Waals surface area contributed by atoms with Crippen LogP contribution < -0.4 is 4.90 Å². The molecular formula is C39H28BrNO. The molecule has 1 aliphatic rings. The predicted molar refractivity (Wildman–Crippen MR) is 179 cm³/mol. The first-order valence-corrected chi connectivity index (χ1v) is 15.1. The van der Waals surface area contributed by atoms with E-state index >= 15 is 0 Å². The van der Waals surface area contributed by atoms with Crippen LogP contribution in [0.5, 0.6) is 0 Å². The highest BCUT2D eigenvalue weighted by Crippen LogP contribution is 2.54. The summed E-state index contributed by atoms with van der Waals surface area (Å²) >= 11 is 3.66. The molecule has 0 saturated carbocycles. The molecule has 7 aromatic rings. The lowest BCUT2D eigenvalue weighted by molar-refractivity contribution is 0.660. The molecule has 0 fully saturated rings.